The monoisotopic (exact) mass is 356 g/mol. The lowest BCUT2D eigenvalue weighted by atomic mass is 10.2. The predicted octanol–water partition coefficient (Wildman–Crippen LogP) is 3.07. The number of anilines is 2. The van der Waals surface area contributed by atoms with Crippen LogP contribution >= 0.6 is 11.6 Å². The van der Waals surface area contributed by atoms with Crippen LogP contribution in [0.4, 0.5) is 11.4 Å². The van der Waals surface area contributed by atoms with Crippen LogP contribution in [-0.2, 0) is 11.3 Å². The fourth-order valence-electron chi connectivity index (χ4n) is 1.97. The molecule has 1 amide bonds. The van der Waals surface area contributed by atoms with Crippen LogP contribution < -0.4 is 21.1 Å². The molecule has 7 heteroatoms. The number of halogens is 1. The number of nitriles is 1. The summed E-state index contributed by atoms with van der Waals surface area (Å²) in [4.78, 5) is 12.1. The second-order valence-corrected chi connectivity index (χ2v) is 5.49. The molecule has 0 radical (unpaired) electrons. The molecule has 0 aliphatic heterocycles. The van der Waals surface area contributed by atoms with E-state index in [4.69, 9.17) is 27.3 Å². The summed E-state index contributed by atoms with van der Waals surface area (Å²) in [5, 5.41) is 15.1. The van der Waals surface area contributed by atoms with Crippen molar-refractivity contribution in [3.05, 3.63) is 64.8 Å². The fraction of sp³-hybridized carbons (Fsp3) is 0.111. The van der Waals surface area contributed by atoms with E-state index in [-0.39, 0.29) is 5.57 Å². The van der Waals surface area contributed by atoms with Crippen molar-refractivity contribution in [3.8, 4) is 11.8 Å². The van der Waals surface area contributed by atoms with Crippen molar-refractivity contribution in [2.45, 2.75) is 6.54 Å². The molecule has 0 spiro atoms. The van der Waals surface area contributed by atoms with Crippen LogP contribution in [0.2, 0.25) is 5.02 Å². The van der Waals surface area contributed by atoms with Crippen LogP contribution in [0.25, 0.3) is 0 Å². The molecule has 0 saturated heterocycles. The van der Waals surface area contributed by atoms with Gasteiger partial charge in [0, 0.05) is 18.4 Å². The Labute approximate surface area is 150 Å². The number of hydrogen-bond acceptors (Lipinski definition) is 5. The van der Waals surface area contributed by atoms with E-state index in [1.807, 2.05) is 18.2 Å². The third kappa shape index (κ3) is 5.16. The standard InChI is InChI=1S/C18H17ClN4O2/c1-25-15-5-2-12(3-6-15)10-23-18(24)13(9-20)11-22-17-7-4-14(21)8-16(17)19/h2-8,11,22H,10,21H2,1H3,(H,23,24)/b13-11-. The smallest absolute Gasteiger partial charge is 0.263 e. The SMILES string of the molecule is COc1ccc(CNC(=O)/C(C#N)=C\Nc2ccc(N)cc2Cl)cc1. The molecule has 0 saturated carbocycles. The lowest BCUT2D eigenvalue weighted by Crippen LogP contribution is -2.24. The van der Waals surface area contributed by atoms with Crippen LogP contribution in [0.1, 0.15) is 5.56 Å². The fourth-order valence-corrected chi connectivity index (χ4v) is 2.21. The van der Waals surface area contributed by atoms with Crippen molar-refractivity contribution < 1.29 is 9.53 Å². The molecule has 0 unspecified atom stereocenters. The number of ether oxygens (including phenoxy) is 1. The maximum atomic E-state index is 12.1. The normalized spacial score (nSPS) is 10.7. The van der Waals surface area contributed by atoms with Crippen molar-refractivity contribution in [1.29, 1.82) is 5.26 Å². The zero-order valence-corrected chi connectivity index (χ0v) is 14.3. The molecule has 25 heavy (non-hydrogen) atoms. The van der Waals surface area contributed by atoms with Gasteiger partial charge in [-0.2, -0.15) is 5.26 Å². The molecule has 0 bridgehead atoms. The molecule has 2 aromatic carbocycles. The van der Waals surface area contributed by atoms with Gasteiger partial charge in [0.2, 0.25) is 0 Å². The molecule has 4 N–H and O–H groups in total. The highest BCUT2D eigenvalue weighted by atomic mass is 35.5. The van der Waals surface area contributed by atoms with Gasteiger partial charge in [-0.15, -0.1) is 0 Å². The molecular formula is C18H17ClN4O2. The number of hydrogen-bond donors (Lipinski definition) is 3. The van der Waals surface area contributed by atoms with Crippen molar-refractivity contribution in [2.24, 2.45) is 0 Å². The summed E-state index contributed by atoms with van der Waals surface area (Å²) in [6.07, 6.45) is 1.31. The summed E-state index contributed by atoms with van der Waals surface area (Å²) in [7, 11) is 1.58. The first kappa shape index (κ1) is 18.2. The summed E-state index contributed by atoms with van der Waals surface area (Å²) in [6.45, 7) is 0.296. The number of methoxy groups -OCH3 is 1. The number of nitrogens with zero attached hydrogens (tertiary/aromatic N) is 1. The Morgan fingerprint density at radius 3 is 2.64 bits per heavy atom. The first-order valence-corrected chi connectivity index (χ1v) is 7.74. The van der Waals surface area contributed by atoms with Gasteiger partial charge in [-0.1, -0.05) is 23.7 Å². The Morgan fingerprint density at radius 1 is 1.32 bits per heavy atom. The van der Waals surface area contributed by atoms with Gasteiger partial charge in [-0.3, -0.25) is 4.79 Å². The van der Waals surface area contributed by atoms with Gasteiger partial charge in [-0.05, 0) is 35.9 Å². The van der Waals surface area contributed by atoms with Crippen LogP contribution in [0.5, 0.6) is 5.75 Å². The van der Waals surface area contributed by atoms with E-state index < -0.39 is 5.91 Å². The summed E-state index contributed by atoms with van der Waals surface area (Å²) in [6, 6.07) is 14.0. The average Bonchev–Trinajstić information content (AvgIpc) is 2.62. The number of amides is 1. The number of nitrogens with two attached hydrogens (primary N) is 1. The summed E-state index contributed by atoms with van der Waals surface area (Å²) >= 11 is 6.04. The molecule has 0 aromatic heterocycles. The lowest BCUT2D eigenvalue weighted by molar-refractivity contribution is -0.117. The first-order valence-electron chi connectivity index (χ1n) is 7.36. The van der Waals surface area contributed by atoms with E-state index in [1.54, 1.807) is 37.4 Å². The summed E-state index contributed by atoms with van der Waals surface area (Å²) in [5.41, 5.74) is 7.51. The van der Waals surface area contributed by atoms with Crippen molar-refractivity contribution >= 4 is 28.9 Å². The van der Waals surface area contributed by atoms with Crippen LogP contribution in [0, 0.1) is 11.3 Å². The van der Waals surface area contributed by atoms with E-state index in [2.05, 4.69) is 10.6 Å². The Bertz CT molecular complexity index is 826. The second-order valence-electron chi connectivity index (χ2n) is 5.08. The number of nitrogen functional groups attached to an aromatic ring is 1. The number of carbonyl (C=O) groups excluding carboxylic acids is 1. The molecule has 0 aliphatic rings. The van der Waals surface area contributed by atoms with E-state index in [9.17, 15) is 4.79 Å². The second kappa shape index (κ2) is 8.62. The molecule has 128 valence electrons. The van der Waals surface area contributed by atoms with Gasteiger partial charge in [0.05, 0.1) is 17.8 Å². The molecule has 0 fully saturated rings. The lowest BCUT2D eigenvalue weighted by Gasteiger charge is -2.07. The van der Waals surface area contributed by atoms with Crippen molar-refractivity contribution in [3.63, 3.8) is 0 Å². The summed E-state index contributed by atoms with van der Waals surface area (Å²) < 4.78 is 5.07. The molecule has 2 aromatic rings. The molecule has 0 aliphatic carbocycles. The maximum Gasteiger partial charge on any atom is 0.263 e. The maximum absolute atomic E-state index is 12.1. The van der Waals surface area contributed by atoms with Gasteiger partial charge in [-0.25, -0.2) is 0 Å². The zero-order valence-electron chi connectivity index (χ0n) is 13.5. The van der Waals surface area contributed by atoms with Crippen molar-refractivity contribution in [1.82, 2.24) is 5.32 Å². The van der Waals surface area contributed by atoms with Gasteiger partial charge in [0.15, 0.2) is 0 Å². The Kier molecular flexibility index (Phi) is 6.26. The highest BCUT2D eigenvalue weighted by Gasteiger charge is 2.09. The first-order chi connectivity index (χ1) is 12.0. The largest absolute Gasteiger partial charge is 0.497 e. The zero-order chi connectivity index (χ0) is 18.2. The number of nitrogens with one attached hydrogen (secondary N) is 2. The molecule has 6 nitrogen and oxygen atoms in total. The van der Waals surface area contributed by atoms with E-state index in [0.29, 0.717) is 22.9 Å². The van der Waals surface area contributed by atoms with E-state index in [0.717, 1.165) is 11.3 Å². The number of rotatable bonds is 6. The highest BCUT2D eigenvalue weighted by Crippen LogP contribution is 2.24. The third-order valence-electron chi connectivity index (χ3n) is 3.34. The van der Waals surface area contributed by atoms with Gasteiger partial charge in [0.25, 0.3) is 5.91 Å². The number of benzene rings is 2. The molecule has 0 heterocycles. The third-order valence-corrected chi connectivity index (χ3v) is 3.66. The Balaban J connectivity index is 1.98. The highest BCUT2D eigenvalue weighted by molar-refractivity contribution is 6.33. The van der Waals surface area contributed by atoms with Crippen LogP contribution in [-0.4, -0.2) is 13.0 Å². The van der Waals surface area contributed by atoms with Gasteiger partial charge in [0.1, 0.15) is 17.4 Å². The Morgan fingerprint density at radius 2 is 2.04 bits per heavy atom. The predicted molar refractivity (Wildman–Crippen MR) is 98.0 cm³/mol. The molecular weight excluding hydrogens is 340 g/mol. The minimum atomic E-state index is -0.489. The number of carbonyl (C=O) groups is 1. The summed E-state index contributed by atoms with van der Waals surface area (Å²) in [5.74, 6) is 0.245. The molecule has 2 rings (SSSR count). The topological polar surface area (TPSA) is 100 Å². The molecule has 0 atom stereocenters. The minimum Gasteiger partial charge on any atom is -0.497 e. The Hall–Kier alpha value is -3.17. The minimum absolute atomic E-state index is 0.0681. The van der Waals surface area contributed by atoms with Gasteiger partial charge < -0.3 is 21.1 Å². The quantitative estimate of drug-likeness (QED) is 0.419. The van der Waals surface area contributed by atoms with Gasteiger partial charge >= 0.3 is 0 Å². The van der Waals surface area contributed by atoms with Crippen LogP contribution in [0.15, 0.2) is 54.2 Å². The average molecular weight is 357 g/mol. The van der Waals surface area contributed by atoms with E-state index >= 15 is 0 Å². The van der Waals surface area contributed by atoms with Crippen LogP contribution in [0.3, 0.4) is 0 Å². The van der Waals surface area contributed by atoms with E-state index in [1.165, 1.54) is 6.20 Å². The van der Waals surface area contributed by atoms with Crippen molar-refractivity contribution in [2.75, 3.05) is 18.2 Å².